The average Bonchev–Trinajstić information content (AvgIpc) is 2.44. The van der Waals surface area contributed by atoms with Gasteiger partial charge in [-0.05, 0) is 50.0 Å². The summed E-state index contributed by atoms with van der Waals surface area (Å²) in [5.74, 6) is 1.06. The largest absolute Gasteiger partial charge is 0.353 e. The summed E-state index contributed by atoms with van der Waals surface area (Å²) in [5, 5.41) is 6.58. The molecular weight excluding hydrogens is 260 g/mol. The lowest BCUT2D eigenvalue weighted by atomic mass is 9.69. The Morgan fingerprint density at radius 2 is 1.81 bits per heavy atom. The molecule has 1 fully saturated rings. The minimum absolute atomic E-state index is 0.235. The fourth-order valence-corrected chi connectivity index (χ4v) is 3.25. The van der Waals surface area contributed by atoms with Gasteiger partial charge >= 0.3 is 0 Å². The molecule has 0 radical (unpaired) electrons. The SMILES string of the molecule is CCC(C)(C)C1CCC(NC(=O)CCCNC(C)C)CC1. The highest BCUT2D eigenvalue weighted by Gasteiger charge is 2.32. The van der Waals surface area contributed by atoms with E-state index < -0.39 is 0 Å². The summed E-state index contributed by atoms with van der Waals surface area (Å²) < 4.78 is 0. The average molecular weight is 296 g/mol. The quantitative estimate of drug-likeness (QED) is 0.667. The Balaban J connectivity index is 2.19. The van der Waals surface area contributed by atoms with Crippen LogP contribution in [0.25, 0.3) is 0 Å². The van der Waals surface area contributed by atoms with Gasteiger partial charge in [-0.3, -0.25) is 4.79 Å². The van der Waals surface area contributed by atoms with Crippen molar-refractivity contribution in [1.29, 1.82) is 0 Å². The Kier molecular flexibility index (Phi) is 7.72. The van der Waals surface area contributed by atoms with Crippen LogP contribution < -0.4 is 10.6 Å². The van der Waals surface area contributed by atoms with E-state index in [4.69, 9.17) is 0 Å². The molecular formula is C18H36N2O. The van der Waals surface area contributed by atoms with E-state index in [0.29, 0.717) is 23.9 Å². The molecule has 0 saturated heterocycles. The molecule has 0 atom stereocenters. The highest BCUT2D eigenvalue weighted by Crippen LogP contribution is 2.40. The molecule has 124 valence electrons. The summed E-state index contributed by atoms with van der Waals surface area (Å²) in [4.78, 5) is 12.0. The molecule has 1 saturated carbocycles. The van der Waals surface area contributed by atoms with Crippen molar-refractivity contribution in [3.63, 3.8) is 0 Å². The van der Waals surface area contributed by atoms with Crippen molar-refractivity contribution in [2.45, 2.75) is 91.6 Å². The summed E-state index contributed by atoms with van der Waals surface area (Å²) in [6, 6.07) is 0.921. The zero-order valence-electron chi connectivity index (χ0n) is 14.8. The number of carbonyl (C=O) groups excluding carboxylic acids is 1. The Hall–Kier alpha value is -0.570. The van der Waals surface area contributed by atoms with Crippen LogP contribution >= 0.6 is 0 Å². The standard InChI is InChI=1S/C18H36N2O/c1-6-18(4,5)15-9-11-16(12-10-15)20-17(21)8-7-13-19-14(2)3/h14-16,19H,6-13H2,1-5H3,(H,20,21). The van der Waals surface area contributed by atoms with E-state index in [-0.39, 0.29) is 5.91 Å². The van der Waals surface area contributed by atoms with Crippen LogP contribution in [0.4, 0.5) is 0 Å². The molecule has 2 N–H and O–H groups in total. The molecule has 0 unspecified atom stereocenters. The van der Waals surface area contributed by atoms with Crippen LogP contribution in [0.5, 0.6) is 0 Å². The molecule has 0 aromatic carbocycles. The predicted octanol–water partition coefficient (Wildman–Crippen LogP) is 3.88. The Morgan fingerprint density at radius 3 is 2.33 bits per heavy atom. The maximum Gasteiger partial charge on any atom is 0.220 e. The number of amides is 1. The van der Waals surface area contributed by atoms with Crippen molar-refractivity contribution in [2.75, 3.05) is 6.54 Å². The number of hydrogen-bond acceptors (Lipinski definition) is 2. The summed E-state index contributed by atoms with van der Waals surface area (Å²) >= 11 is 0. The van der Waals surface area contributed by atoms with Gasteiger partial charge in [0, 0.05) is 18.5 Å². The lowest BCUT2D eigenvalue weighted by Gasteiger charge is -2.39. The van der Waals surface area contributed by atoms with Gasteiger partial charge in [0.15, 0.2) is 0 Å². The molecule has 1 amide bonds. The molecule has 3 heteroatoms. The van der Waals surface area contributed by atoms with E-state index in [0.717, 1.165) is 31.7 Å². The smallest absolute Gasteiger partial charge is 0.220 e. The van der Waals surface area contributed by atoms with Gasteiger partial charge in [0.05, 0.1) is 0 Å². The molecule has 0 bridgehead atoms. The first kappa shape index (κ1) is 18.5. The molecule has 3 nitrogen and oxygen atoms in total. The van der Waals surface area contributed by atoms with Crippen molar-refractivity contribution in [2.24, 2.45) is 11.3 Å². The number of carbonyl (C=O) groups is 1. The van der Waals surface area contributed by atoms with Gasteiger partial charge in [0.25, 0.3) is 0 Å². The van der Waals surface area contributed by atoms with Crippen molar-refractivity contribution >= 4 is 5.91 Å². The van der Waals surface area contributed by atoms with E-state index in [9.17, 15) is 4.79 Å². The molecule has 21 heavy (non-hydrogen) atoms. The van der Waals surface area contributed by atoms with Gasteiger partial charge in [-0.1, -0.05) is 41.0 Å². The first-order valence-corrected chi connectivity index (χ1v) is 8.88. The van der Waals surface area contributed by atoms with Crippen molar-refractivity contribution in [1.82, 2.24) is 10.6 Å². The number of hydrogen-bond donors (Lipinski definition) is 2. The summed E-state index contributed by atoms with van der Waals surface area (Å²) in [6.45, 7) is 12.3. The van der Waals surface area contributed by atoms with E-state index in [2.05, 4.69) is 45.3 Å². The summed E-state index contributed by atoms with van der Waals surface area (Å²) in [5.41, 5.74) is 0.456. The minimum atomic E-state index is 0.235. The topological polar surface area (TPSA) is 41.1 Å². The van der Waals surface area contributed by atoms with Gasteiger partial charge in [-0.15, -0.1) is 0 Å². The van der Waals surface area contributed by atoms with Crippen LogP contribution in [0.3, 0.4) is 0 Å². The van der Waals surface area contributed by atoms with Crippen LogP contribution in [0, 0.1) is 11.3 Å². The van der Waals surface area contributed by atoms with E-state index in [1.165, 1.54) is 19.3 Å². The molecule has 0 aromatic rings. The first-order valence-electron chi connectivity index (χ1n) is 8.88. The lowest BCUT2D eigenvalue weighted by molar-refractivity contribution is -0.122. The fraction of sp³-hybridized carbons (Fsp3) is 0.944. The highest BCUT2D eigenvalue weighted by molar-refractivity contribution is 5.76. The third-order valence-corrected chi connectivity index (χ3v) is 5.24. The second-order valence-electron chi connectivity index (χ2n) is 7.67. The zero-order chi connectivity index (χ0) is 15.9. The van der Waals surface area contributed by atoms with E-state index >= 15 is 0 Å². The first-order chi connectivity index (χ1) is 9.85. The third kappa shape index (κ3) is 6.82. The zero-order valence-corrected chi connectivity index (χ0v) is 14.8. The fourth-order valence-electron chi connectivity index (χ4n) is 3.25. The maximum atomic E-state index is 12.0. The van der Waals surface area contributed by atoms with Gasteiger partial charge in [-0.25, -0.2) is 0 Å². The molecule has 0 spiro atoms. The second kappa shape index (κ2) is 8.77. The van der Waals surface area contributed by atoms with Gasteiger partial charge in [0.2, 0.25) is 5.91 Å². The van der Waals surface area contributed by atoms with Crippen LogP contribution in [-0.4, -0.2) is 24.5 Å². The lowest BCUT2D eigenvalue weighted by Crippen LogP contribution is -2.40. The highest BCUT2D eigenvalue weighted by atomic mass is 16.1. The van der Waals surface area contributed by atoms with Crippen LogP contribution in [0.1, 0.15) is 79.6 Å². The molecule has 1 aliphatic carbocycles. The van der Waals surface area contributed by atoms with E-state index in [1.54, 1.807) is 0 Å². The molecule has 1 aliphatic rings. The van der Waals surface area contributed by atoms with Gasteiger partial charge < -0.3 is 10.6 Å². The molecule has 0 aromatic heterocycles. The molecule has 0 aliphatic heterocycles. The van der Waals surface area contributed by atoms with Crippen molar-refractivity contribution in [3.8, 4) is 0 Å². The van der Waals surface area contributed by atoms with Crippen LogP contribution in [0.15, 0.2) is 0 Å². The predicted molar refractivity (Wildman–Crippen MR) is 90.3 cm³/mol. The Bertz CT molecular complexity index is 304. The van der Waals surface area contributed by atoms with Gasteiger partial charge in [0.1, 0.15) is 0 Å². The third-order valence-electron chi connectivity index (χ3n) is 5.24. The monoisotopic (exact) mass is 296 g/mol. The van der Waals surface area contributed by atoms with Gasteiger partial charge in [-0.2, -0.15) is 0 Å². The van der Waals surface area contributed by atoms with Crippen molar-refractivity contribution < 1.29 is 4.79 Å². The Labute approximate surface area is 131 Å². The normalized spacial score (nSPS) is 23.3. The van der Waals surface area contributed by atoms with Crippen LogP contribution in [-0.2, 0) is 4.79 Å². The summed E-state index contributed by atoms with van der Waals surface area (Å²) in [7, 11) is 0. The second-order valence-corrected chi connectivity index (χ2v) is 7.67. The van der Waals surface area contributed by atoms with Crippen LogP contribution in [0.2, 0.25) is 0 Å². The number of nitrogens with one attached hydrogen (secondary N) is 2. The number of rotatable bonds is 8. The maximum absolute atomic E-state index is 12.0. The minimum Gasteiger partial charge on any atom is -0.353 e. The Morgan fingerprint density at radius 1 is 1.19 bits per heavy atom. The molecule has 1 rings (SSSR count). The molecule has 0 heterocycles. The summed E-state index contributed by atoms with van der Waals surface area (Å²) in [6.07, 6.45) is 7.68. The van der Waals surface area contributed by atoms with E-state index in [1.807, 2.05) is 0 Å². The van der Waals surface area contributed by atoms with Crippen molar-refractivity contribution in [3.05, 3.63) is 0 Å².